The Morgan fingerprint density at radius 2 is 1.87 bits per heavy atom. The van der Waals surface area contributed by atoms with E-state index < -0.39 is 0 Å². The summed E-state index contributed by atoms with van der Waals surface area (Å²) in [7, 11) is 0. The fourth-order valence-electron chi connectivity index (χ4n) is 2.55. The van der Waals surface area contributed by atoms with Crippen LogP contribution in [0.2, 0.25) is 0 Å². The van der Waals surface area contributed by atoms with E-state index in [9.17, 15) is 0 Å². The first kappa shape index (κ1) is 17.0. The van der Waals surface area contributed by atoms with Crippen LogP contribution >= 0.6 is 12.2 Å². The van der Waals surface area contributed by atoms with Crippen LogP contribution in [0, 0.1) is 25.2 Å². The lowest BCUT2D eigenvalue weighted by atomic mass is 10.0. The van der Waals surface area contributed by atoms with Gasteiger partial charge in [0, 0.05) is 5.69 Å². The van der Waals surface area contributed by atoms with Gasteiger partial charge in [-0.1, -0.05) is 35.9 Å². The van der Waals surface area contributed by atoms with Crippen molar-refractivity contribution in [2.75, 3.05) is 5.32 Å². The number of nitrogens with zero attached hydrogens (tertiary/aromatic N) is 1. The van der Waals surface area contributed by atoms with E-state index in [1.165, 1.54) is 16.7 Å². The number of nitriles is 1. The van der Waals surface area contributed by atoms with Gasteiger partial charge < -0.3 is 10.6 Å². The SMILES string of the molecule is Cc1ccc(C(C)NC(=S)Nc2ccc(CC#N)cc2)c(C)c1. The number of benzene rings is 2. The first-order valence-electron chi connectivity index (χ1n) is 7.60. The second-order valence-electron chi connectivity index (χ2n) is 5.71. The summed E-state index contributed by atoms with van der Waals surface area (Å²) >= 11 is 5.39. The van der Waals surface area contributed by atoms with Crippen LogP contribution in [0.15, 0.2) is 42.5 Å². The van der Waals surface area contributed by atoms with Crippen molar-refractivity contribution in [1.82, 2.24) is 5.32 Å². The molecular weight excluding hydrogens is 302 g/mol. The van der Waals surface area contributed by atoms with Gasteiger partial charge in [0.25, 0.3) is 0 Å². The van der Waals surface area contributed by atoms with Crippen LogP contribution in [0.1, 0.15) is 35.2 Å². The molecule has 2 N–H and O–H groups in total. The minimum absolute atomic E-state index is 0.133. The number of nitrogens with one attached hydrogen (secondary N) is 2. The van der Waals surface area contributed by atoms with E-state index in [0.717, 1.165) is 11.3 Å². The maximum Gasteiger partial charge on any atom is 0.171 e. The van der Waals surface area contributed by atoms with Crippen molar-refractivity contribution in [2.24, 2.45) is 0 Å². The molecule has 0 aliphatic rings. The second-order valence-corrected chi connectivity index (χ2v) is 6.12. The predicted octanol–water partition coefficient (Wildman–Crippen LogP) is 4.42. The number of thiocarbonyl (C=S) groups is 1. The molecule has 0 fully saturated rings. The fraction of sp³-hybridized carbons (Fsp3) is 0.263. The van der Waals surface area contributed by atoms with Gasteiger partial charge in [-0.05, 0) is 61.8 Å². The molecule has 0 radical (unpaired) electrons. The average molecular weight is 323 g/mol. The highest BCUT2D eigenvalue weighted by Crippen LogP contribution is 2.19. The van der Waals surface area contributed by atoms with Gasteiger partial charge in [0.2, 0.25) is 0 Å². The summed E-state index contributed by atoms with van der Waals surface area (Å²) in [5.74, 6) is 0. The third kappa shape index (κ3) is 4.80. The van der Waals surface area contributed by atoms with Gasteiger partial charge in [-0.15, -0.1) is 0 Å². The summed E-state index contributed by atoms with van der Waals surface area (Å²) in [5.41, 5.74) is 5.67. The maximum atomic E-state index is 8.68. The third-order valence-corrected chi connectivity index (χ3v) is 3.95. The van der Waals surface area contributed by atoms with Crippen molar-refractivity contribution in [3.63, 3.8) is 0 Å². The molecule has 0 spiro atoms. The quantitative estimate of drug-likeness (QED) is 0.818. The van der Waals surface area contributed by atoms with E-state index in [1.54, 1.807) is 0 Å². The topological polar surface area (TPSA) is 47.8 Å². The second kappa shape index (κ2) is 7.75. The van der Waals surface area contributed by atoms with Gasteiger partial charge in [-0.3, -0.25) is 0 Å². The Kier molecular flexibility index (Phi) is 5.72. The van der Waals surface area contributed by atoms with Gasteiger partial charge in [0.05, 0.1) is 18.5 Å². The third-order valence-electron chi connectivity index (χ3n) is 3.73. The molecule has 2 rings (SSSR count). The number of hydrogen-bond donors (Lipinski definition) is 2. The molecule has 1 unspecified atom stereocenters. The number of hydrogen-bond acceptors (Lipinski definition) is 2. The molecule has 0 saturated heterocycles. The molecule has 0 aromatic heterocycles. The van der Waals surface area contributed by atoms with Crippen LogP contribution in [0.25, 0.3) is 0 Å². The van der Waals surface area contributed by atoms with Gasteiger partial charge in [0.1, 0.15) is 0 Å². The molecule has 23 heavy (non-hydrogen) atoms. The normalized spacial score (nSPS) is 11.4. The molecule has 0 saturated carbocycles. The van der Waals surface area contributed by atoms with Crippen molar-refractivity contribution in [2.45, 2.75) is 33.2 Å². The molecule has 0 aliphatic carbocycles. The zero-order valence-corrected chi connectivity index (χ0v) is 14.5. The van der Waals surface area contributed by atoms with Crippen LogP contribution in [0.5, 0.6) is 0 Å². The number of aryl methyl sites for hydroxylation is 2. The molecular formula is C19H21N3S. The van der Waals surface area contributed by atoms with Crippen LogP contribution in [0.4, 0.5) is 5.69 Å². The van der Waals surface area contributed by atoms with Crippen molar-refractivity contribution in [3.05, 3.63) is 64.7 Å². The highest BCUT2D eigenvalue weighted by atomic mass is 32.1. The largest absolute Gasteiger partial charge is 0.356 e. The Bertz CT molecular complexity index is 729. The summed E-state index contributed by atoms with van der Waals surface area (Å²) in [6, 6.07) is 16.4. The fourth-order valence-corrected chi connectivity index (χ4v) is 2.84. The Balaban J connectivity index is 1.97. The van der Waals surface area contributed by atoms with Crippen LogP contribution in [0.3, 0.4) is 0 Å². The minimum atomic E-state index is 0.133. The summed E-state index contributed by atoms with van der Waals surface area (Å²) in [5, 5.41) is 15.8. The zero-order valence-electron chi connectivity index (χ0n) is 13.7. The Morgan fingerprint density at radius 1 is 1.17 bits per heavy atom. The maximum absolute atomic E-state index is 8.68. The molecule has 0 bridgehead atoms. The van der Waals surface area contributed by atoms with E-state index >= 15 is 0 Å². The first-order valence-corrected chi connectivity index (χ1v) is 8.01. The van der Waals surface area contributed by atoms with E-state index in [1.807, 2.05) is 24.3 Å². The van der Waals surface area contributed by atoms with Crippen LogP contribution in [-0.2, 0) is 6.42 Å². The Hall–Kier alpha value is -2.38. The van der Waals surface area contributed by atoms with Gasteiger partial charge in [-0.25, -0.2) is 0 Å². The molecule has 2 aromatic carbocycles. The minimum Gasteiger partial charge on any atom is -0.356 e. The molecule has 3 nitrogen and oxygen atoms in total. The van der Waals surface area contributed by atoms with Crippen molar-refractivity contribution in [3.8, 4) is 6.07 Å². The van der Waals surface area contributed by atoms with E-state index in [2.05, 4.69) is 55.7 Å². The van der Waals surface area contributed by atoms with Crippen molar-refractivity contribution in [1.29, 1.82) is 5.26 Å². The molecule has 0 aliphatic heterocycles. The molecule has 0 heterocycles. The number of rotatable bonds is 4. The van der Waals surface area contributed by atoms with Crippen LogP contribution < -0.4 is 10.6 Å². The van der Waals surface area contributed by atoms with Gasteiger partial charge in [0.15, 0.2) is 5.11 Å². The standard InChI is InChI=1S/C19H21N3S/c1-13-4-9-18(14(2)12-13)15(3)21-19(23)22-17-7-5-16(6-8-17)10-11-20/h4-9,12,15H,10H2,1-3H3,(H2,21,22,23). The summed E-state index contributed by atoms with van der Waals surface area (Å²) in [6.45, 7) is 6.31. The Labute approximate surface area is 143 Å². The first-order chi connectivity index (χ1) is 11.0. The van der Waals surface area contributed by atoms with Crippen molar-refractivity contribution < 1.29 is 0 Å². The lowest BCUT2D eigenvalue weighted by Gasteiger charge is -2.19. The average Bonchev–Trinajstić information content (AvgIpc) is 2.49. The summed E-state index contributed by atoms with van der Waals surface area (Å²) in [4.78, 5) is 0. The lowest BCUT2D eigenvalue weighted by Crippen LogP contribution is -2.31. The highest BCUT2D eigenvalue weighted by Gasteiger charge is 2.09. The molecule has 0 amide bonds. The van der Waals surface area contributed by atoms with E-state index in [0.29, 0.717) is 11.5 Å². The molecule has 1 atom stereocenters. The summed E-state index contributed by atoms with van der Waals surface area (Å²) in [6.07, 6.45) is 0.423. The smallest absolute Gasteiger partial charge is 0.171 e. The highest BCUT2D eigenvalue weighted by molar-refractivity contribution is 7.80. The molecule has 118 valence electrons. The van der Waals surface area contributed by atoms with Gasteiger partial charge >= 0.3 is 0 Å². The number of anilines is 1. The molecule has 4 heteroatoms. The monoisotopic (exact) mass is 323 g/mol. The predicted molar refractivity (Wildman–Crippen MR) is 99.4 cm³/mol. The zero-order chi connectivity index (χ0) is 16.8. The van der Waals surface area contributed by atoms with E-state index in [4.69, 9.17) is 17.5 Å². The van der Waals surface area contributed by atoms with Crippen LogP contribution in [-0.4, -0.2) is 5.11 Å². The van der Waals surface area contributed by atoms with Gasteiger partial charge in [-0.2, -0.15) is 5.26 Å². The Morgan fingerprint density at radius 3 is 2.48 bits per heavy atom. The summed E-state index contributed by atoms with van der Waals surface area (Å²) < 4.78 is 0. The van der Waals surface area contributed by atoms with E-state index in [-0.39, 0.29) is 6.04 Å². The van der Waals surface area contributed by atoms with Crippen molar-refractivity contribution >= 4 is 23.0 Å². The lowest BCUT2D eigenvalue weighted by molar-refractivity contribution is 0.717. The molecule has 2 aromatic rings.